The lowest BCUT2D eigenvalue weighted by atomic mass is 9.74. The molecule has 2 fully saturated rings. The molecule has 0 unspecified atom stereocenters. The first-order valence-electron chi connectivity index (χ1n) is 14.6. The standard InChI is InChI=1S/C30H42F2N4O4S/c1-3-16-41(38,39)36-15-14-33-18-24(36)10-13-26-28(32)19-34-20-29(26)35-30(37)17-27(21-4-8-23(31)9-5-21)22-6-11-25(40-2)12-7-22/h4-5,8-9,19-20,22,24-25,27,33H,3,6-7,10-18H2,1-2H3,(H,35,37)/t22?,24-,25?,27-/m0/s1. The number of nitrogens with zero attached hydrogens (tertiary/aromatic N) is 2. The number of anilines is 1. The summed E-state index contributed by atoms with van der Waals surface area (Å²) in [4.78, 5) is 17.4. The van der Waals surface area contributed by atoms with Crippen LogP contribution in [0.4, 0.5) is 14.5 Å². The Hall–Kier alpha value is -2.47. The van der Waals surface area contributed by atoms with Gasteiger partial charge in [-0.05, 0) is 74.5 Å². The summed E-state index contributed by atoms with van der Waals surface area (Å²) < 4.78 is 61.4. The van der Waals surface area contributed by atoms with Gasteiger partial charge in [0.05, 0.1) is 29.9 Å². The third-order valence-electron chi connectivity index (χ3n) is 8.45. The average molecular weight is 593 g/mol. The minimum atomic E-state index is -3.40. The molecule has 1 aliphatic carbocycles. The number of amides is 1. The van der Waals surface area contributed by atoms with E-state index in [-0.39, 0.29) is 54.3 Å². The summed E-state index contributed by atoms with van der Waals surface area (Å²) in [6.45, 7) is 3.28. The van der Waals surface area contributed by atoms with Gasteiger partial charge in [-0.25, -0.2) is 17.2 Å². The monoisotopic (exact) mass is 592 g/mol. The van der Waals surface area contributed by atoms with Crippen molar-refractivity contribution in [3.63, 3.8) is 0 Å². The Labute approximate surface area is 242 Å². The molecule has 2 atom stereocenters. The van der Waals surface area contributed by atoms with Gasteiger partial charge in [0.15, 0.2) is 0 Å². The van der Waals surface area contributed by atoms with Crippen molar-refractivity contribution < 1.29 is 26.7 Å². The van der Waals surface area contributed by atoms with Crippen molar-refractivity contribution in [3.8, 4) is 0 Å². The highest BCUT2D eigenvalue weighted by Crippen LogP contribution is 2.39. The smallest absolute Gasteiger partial charge is 0.225 e. The largest absolute Gasteiger partial charge is 0.381 e. The normalized spacial score (nSPS) is 22.8. The Bertz CT molecular complexity index is 1250. The van der Waals surface area contributed by atoms with Crippen LogP contribution in [0.3, 0.4) is 0 Å². The van der Waals surface area contributed by atoms with Gasteiger partial charge in [0.25, 0.3) is 0 Å². The molecule has 0 bridgehead atoms. The summed E-state index contributed by atoms with van der Waals surface area (Å²) in [7, 11) is -1.68. The molecule has 0 spiro atoms. The number of hydrogen-bond donors (Lipinski definition) is 2. The maximum atomic E-state index is 15.0. The molecule has 2 N–H and O–H groups in total. The van der Waals surface area contributed by atoms with Crippen LogP contribution >= 0.6 is 0 Å². The van der Waals surface area contributed by atoms with Gasteiger partial charge in [0.2, 0.25) is 15.9 Å². The van der Waals surface area contributed by atoms with Gasteiger partial charge in [0.1, 0.15) is 11.6 Å². The molecule has 1 aliphatic heterocycles. The van der Waals surface area contributed by atoms with Crippen LogP contribution in [0.1, 0.15) is 68.9 Å². The van der Waals surface area contributed by atoms with Crippen LogP contribution in [-0.4, -0.2) is 68.3 Å². The van der Waals surface area contributed by atoms with Crippen LogP contribution in [0.25, 0.3) is 0 Å². The Kier molecular flexibility index (Phi) is 11.2. The number of sulfonamides is 1. The fourth-order valence-corrected chi connectivity index (χ4v) is 8.01. The third kappa shape index (κ3) is 8.30. The van der Waals surface area contributed by atoms with Crippen molar-refractivity contribution in [2.75, 3.05) is 37.8 Å². The number of ether oxygens (including phenoxy) is 1. The number of carbonyl (C=O) groups is 1. The Morgan fingerprint density at radius 3 is 2.59 bits per heavy atom. The molecule has 1 saturated carbocycles. The summed E-state index contributed by atoms with van der Waals surface area (Å²) in [5.74, 6) is -0.946. The van der Waals surface area contributed by atoms with Gasteiger partial charge in [0, 0.05) is 44.8 Å². The fourth-order valence-electron chi connectivity index (χ4n) is 6.26. The minimum Gasteiger partial charge on any atom is -0.381 e. The number of piperazine rings is 1. The van der Waals surface area contributed by atoms with E-state index in [0.717, 1.165) is 37.4 Å². The van der Waals surface area contributed by atoms with E-state index in [1.165, 1.54) is 22.6 Å². The van der Waals surface area contributed by atoms with E-state index < -0.39 is 15.8 Å². The molecule has 11 heteroatoms. The van der Waals surface area contributed by atoms with Crippen molar-refractivity contribution in [3.05, 3.63) is 59.4 Å². The van der Waals surface area contributed by atoms with Crippen LogP contribution in [0.15, 0.2) is 36.7 Å². The molecule has 0 radical (unpaired) electrons. The van der Waals surface area contributed by atoms with Crippen LogP contribution in [0.5, 0.6) is 0 Å². The van der Waals surface area contributed by atoms with Crippen LogP contribution in [0.2, 0.25) is 0 Å². The zero-order valence-electron chi connectivity index (χ0n) is 24.0. The van der Waals surface area contributed by atoms with E-state index in [0.29, 0.717) is 43.7 Å². The number of benzene rings is 1. The highest BCUT2D eigenvalue weighted by Gasteiger charge is 2.33. The van der Waals surface area contributed by atoms with Gasteiger partial charge in [-0.15, -0.1) is 0 Å². The average Bonchev–Trinajstić information content (AvgIpc) is 2.96. The van der Waals surface area contributed by atoms with E-state index in [1.54, 1.807) is 19.2 Å². The lowest BCUT2D eigenvalue weighted by molar-refractivity contribution is -0.117. The van der Waals surface area contributed by atoms with E-state index in [1.807, 2.05) is 6.92 Å². The van der Waals surface area contributed by atoms with E-state index in [9.17, 15) is 17.6 Å². The number of aromatic nitrogens is 1. The lowest BCUT2D eigenvalue weighted by Gasteiger charge is -2.35. The summed E-state index contributed by atoms with van der Waals surface area (Å²) in [6.07, 6.45) is 7.71. The van der Waals surface area contributed by atoms with Gasteiger partial charge in [-0.3, -0.25) is 9.78 Å². The highest BCUT2D eigenvalue weighted by molar-refractivity contribution is 7.89. The number of hydrogen-bond acceptors (Lipinski definition) is 6. The first-order chi connectivity index (χ1) is 19.7. The van der Waals surface area contributed by atoms with Crippen molar-refractivity contribution in [1.82, 2.24) is 14.6 Å². The number of rotatable bonds is 12. The van der Waals surface area contributed by atoms with Crippen molar-refractivity contribution in [2.24, 2.45) is 5.92 Å². The summed E-state index contributed by atoms with van der Waals surface area (Å²) >= 11 is 0. The Balaban J connectivity index is 1.47. The molecule has 1 aromatic heterocycles. The van der Waals surface area contributed by atoms with E-state index in [4.69, 9.17) is 4.74 Å². The topological polar surface area (TPSA) is 101 Å². The second-order valence-corrected chi connectivity index (χ2v) is 13.2. The predicted octanol–water partition coefficient (Wildman–Crippen LogP) is 4.62. The number of nitrogens with one attached hydrogen (secondary N) is 2. The van der Waals surface area contributed by atoms with Gasteiger partial charge in [-0.1, -0.05) is 19.1 Å². The number of methoxy groups -OCH3 is 1. The van der Waals surface area contributed by atoms with Crippen LogP contribution in [-0.2, 0) is 26.0 Å². The second kappa shape index (κ2) is 14.6. The molecule has 8 nitrogen and oxygen atoms in total. The highest BCUT2D eigenvalue weighted by atomic mass is 32.2. The van der Waals surface area contributed by atoms with Crippen molar-refractivity contribution >= 4 is 21.6 Å². The molecule has 1 saturated heterocycles. The lowest BCUT2D eigenvalue weighted by Crippen LogP contribution is -2.54. The van der Waals surface area contributed by atoms with Gasteiger partial charge in [-0.2, -0.15) is 4.31 Å². The zero-order chi connectivity index (χ0) is 29.4. The molecule has 1 aromatic carbocycles. The Morgan fingerprint density at radius 2 is 1.90 bits per heavy atom. The quantitative estimate of drug-likeness (QED) is 0.373. The first kappa shape index (κ1) is 31.5. The predicted molar refractivity (Wildman–Crippen MR) is 155 cm³/mol. The maximum Gasteiger partial charge on any atom is 0.225 e. The number of halogens is 2. The molecular weight excluding hydrogens is 550 g/mol. The van der Waals surface area contributed by atoms with Crippen molar-refractivity contribution in [2.45, 2.75) is 76.4 Å². The molecular formula is C30H42F2N4O4S. The molecule has 226 valence electrons. The summed E-state index contributed by atoms with van der Waals surface area (Å²) in [6, 6.07) is 6.00. The third-order valence-corrected chi connectivity index (χ3v) is 10.6. The van der Waals surface area contributed by atoms with Crippen LogP contribution < -0.4 is 10.6 Å². The Morgan fingerprint density at radius 1 is 1.17 bits per heavy atom. The van der Waals surface area contributed by atoms with Gasteiger partial charge < -0.3 is 15.4 Å². The molecule has 2 aliphatic rings. The SMILES string of the molecule is CCCS(=O)(=O)N1CCNC[C@@H]1CCc1c(F)cncc1NC(=O)C[C@@H](c1ccc(F)cc1)C1CCC(OC)CC1. The van der Waals surface area contributed by atoms with Crippen LogP contribution in [0, 0.1) is 17.6 Å². The minimum absolute atomic E-state index is 0.0801. The van der Waals surface area contributed by atoms with E-state index >= 15 is 4.39 Å². The molecule has 1 amide bonds. The van der Waals surface area contributed by atoms with Gasteiger partial charge >= 0.3 is 0 Å². The molecule has 4 rings (SSSR count). The van der Waals surface area contributed by atoms with Crippen molar-refractivity contribution in [1.29, 1.82) is 0 Å². The van der Waals surface area contributed by atoms with E-state index in [2.05, 4.69) is 15.6 Å². The fraction of sp³-hybridized carbons (Fsp3) is 0.600. The molecule has 2 heterocycles. The zero-order valence-corrected chi connectivity index (χ0v) is 24.8. The second-order valence-electron chi connectivity index (χ2n) is 11.2. The molecule has 41 heavy (non-hydrogen) atoms. The summed E-state index contributed by atoms with van der Waals surface area (Å²) in [5.41, 5.74) is 1.51. The molecule has 2 aromatic rings. The number of carbonyl (C=O) groups excluding carboxylic acids is 1. The number of pyridine rings is 1. The maximum absolute atomic E-state index is 15.0. The first-order valence-corrected chi connectivity index (χ1v) is 16.2. The summed E-state index contributed by atoms with van der Waals surface area (Å²) in [5, 5.41) is 6.13.